The smallest absolute Gasteiger partial charge is 0.325 e. The maximum atomic E-state index is 12.0. The van der Waals surface area contributed by atoms with E-state index in [1.807, 2.05) is 45.0 Å². The van der Waals surface area contributed by atoms with E-state index >= 15 is 0 Å². The molecule has 1 atom stereocenters. The average Bonchev–Trinajstić information content (AvgIpc) is 2.43. The van der Waals surface area contributed by atoms with E-state index in [2.05, 4.69) is 5.32 Å². The molecule has 3 nitrogen and oxygen atoms in total. The van der Waals surface area contributed by atoms with Gasteiger partial charge in [0, 0.05) is 16.8 Å². The van der Waals surface area contributed by atoms with Crippen LogP contribution in [0.5, 0.6) is 0 Å². The molecular formula is C16H24ClNO2S. The van der Waals surface area contributed by atoms with Gasteiger partial charge in [0.2, 0.25) is 0 Å². The van der Waals surface area contributed by atoms with Crippen LogP contribution in [-0.2, 0) is 15.3 Å². The van der Waals surface area contributed by atoms with Crippen LogP contribution in [0.1, 0.15) is 32.8 Å². The van der Waals surface area contributed by atoms with Gasteiger partial charge in [0.25, 0.3) is 0 Å². The standard InChI is InChI=1S/C16H24ClNO2S/c1-12(2)18-16(3,15(19)20-4)9-10-21-11-13-7-5-6-8-14(13)17/h5-8,12,18H,9-11H2,1-4H3. The number of nitrogens with one attached hydrogen (secondary N) is 1. The Morgan fingerprint density at radius 2 is 2.10 bits per heavy atom. The molecule has 5 heteroatoms. The van der Waals surface area contributed by atoms with Crippen LogP contribution in [0.25, 0.3) is 0 Å². The van der Waals surface area contributed by atoms with Gasteiger partial charge < -0.3 is 4.74 Å². The third-order valence-electron chi connectivity index (χ3n) is 3.20. The van der Waals surface area contributed by atoms with E-state index in [1.54, 1.807) is 11.8 Å². The van der Waals surface area contributed by atoms with Gasteiger partial charge in [-0.3, -0.25) is 10.1 Å². The number of esters is 1. The molecule has 0 saturated carbocycles. The van der Waals surface area contributed by atoms with Crippen molar-refractivity contribution < 1.29 is 9.53 Å². The lowest BCUT2D eigenvalue weighted by molar-refractivity contribution is -0.148. The zero-order valence-corrected chi connectivity index (χ0v) is 14.7. The highest BCUT2D eigenvalue weighted by Gasteiger charge is 2.34. The van der Waals surface area contributed by atoms with Crippen molar-refractivity contribution in [3.05, 3.63) is 34.9 Å². The summed E-state index contributed by atoms with van der Waals surface area (Å²) in [6.07, 6.45) is 0.715. The minimum atomic E-state index is -0.642. The van der Waals surface area contributed by atoms with Crippen molar-refractivity contribution in [2.45, 2.75) is 44.5 Å². The summed E-state index contributed by atoms with van der Waals surface area (Å²) in [5, 5.41) is 4.10. The van der Waals surface area contributed by atoms with E-state index in [1.165, 1.54) is 7.11 Å². The lowest BCUT2D eigenvalue weighted by atomic mass is 9.98. The molecule has 0 aliphatic carbocycles. The first kappa shape index (κ1) is 18.3. The largest absolute Gasteiger partial charge is 0.468 e. The van der Waals surface area contributed by atoms with Crippen molar-refractivity contribution in [2.24, 2.45) is 0 Å². The molecular weight excluding hydrogens is 306 g/mol. The Morgan fingerprint density at radius 1 is 1.43 bits per heavy atom. The summed E-state index contributed by atoms with van der Waals surface area (Å²) in [6, 6.07) is 8.07. The molecule has 0 amide bonds. The Hall–Kier alpha value is -0.710. The minimum Gasteiger partial charge on any atom is -0.468 e. The lowest BCUT2D eigenvalue weighted by Crippen LogP contribution is -2.53. The highest BCUT2D eigenvalue weighted by molar-refractivity contribution is 7.98. The molecule has 0 fully saturated rings. The van der Waals surface area contributed by atoms with Gasteiger partial charge in [-0.15, -0.1) is 0 Å². The van der Waals surface area contributed by atoms with Crippen LogP contribution < -0.4 is 5.32 Å². The van der Waals surface area contributed by atoms with Crippen LogP contribution in [0.15, 0.2) is 24.3 Å². The average molecular weight is 330 g/mol. The molecule has 1 aromatic rings. The highest BCUT2D eigenvalue weighted by Crippen LogP contribution is 2.23. The van der Waals surface area contributed by atoms with E-state index in [4.69, 9.17) is 16.3 Å². The Balaban J connectivity index is 2.51. The summed E-state index contributed by atoms with van der Waals surface area (Å²) in [6.45, 7) is 5.95. The summed E-state index contributed by atoms with van der Waals surface area (Å²) < 4.78 is 4.92. The van der Waals surface area contributed by atoms with E-state index in [0.717, 1.165) is 22.1 Å². The van der Waals surface area contributed by atoms with Crippen molar-refractivity contribution >= 4 is 29.3 Å². The highest BCUT2D eigenvalue weighted by atomic mass is 35.5. The van der Waals surface area contributed by atoms with Crippen LogP contribution in [0.2, 0.25) is 5.02 Å². The molecule has 0 aliphatic heterocycles. The third kappa shape index (κ3) is 5.89. The number of carbonyl (C=O) groups excluding carboxylic acids is 1. The molecule has 1 N–H and O–H groups in total. The number of thioether (sulfide) groups is 1. The van der Waals surface area contributed by atoms with Gasteiger partial charge in [-0.2, -0.15) is 11.8 Å². The van der Waals surface area contributed by atoms with Gasteiger partial charge in [-0.05, 0) is 44.6 Å². The molecule has 0 aliphatic rings. The zero-order chi connectivity index (χ0) is 15.9. The van der Waals surface area contributed by atoms with E-state index in [-0.39, 0.29) is 12.0 Å². The van der Waals surface area contributed by atoms with Crippen LogP contribution in [0.3, 0.4) is 0 Å². The molecule has 21 heavy (non-hydrogen) atoms. The Bertz CT molecular complexity index is 467. The molecule has 118 valence electrons. The zero-order valence-electron chi connectivity index (χ0n) is 13.1. The minimum absolute atomic E-state index is 0.213. The molecule has 1 aromatic carbocycles. The predicted molar refractivity (Wildman–Crippen MR) is 90.9 cm³/mol. The number of ether oxygens (including phenoxy) is 1. The van der Waals surface area contributed by atoms with Crippen LogP contribution in [0, 0.1) is 0 Å². The predicted octanol–water partition coefficient (Wildman–Crippen LogP) is 3.89. The molecule has 0 saturated heterocycles. The second kappa shape index (κ2) is 8.66. The number of hydrogen-bond acceptors (Lipinski definition) is 4. The van der Waals surface area contributed by atoms with Crippen molar-refractivity contribution in [2.75, 3.05) is 12.9 Å². The van der Waals surface area contributed by atoms with E-state index < -0.39 is 5.54 Å². The fraction of sp³-hybridized carbons (Fsp3) is 0.562. The summed E-state index contributed by atoms with van der Waals surface area (Å²) in [5.41, 5.74) is 0.483. The maximum Gasteiger partial charge on any atom is 0.325 e. The fourth-order valence-electron chi connectivity index (χ4n) is 2.17. The monoisotopic (exact) mass is 329 g/mol. The van der Waals surface area contributed by atoms with Crippen molar-refractivity contribution in [1.29, 1.82) is 0 Å². The summed E-state index contributed by atoms with van der Waals surface area (Å²) in [5.74, 6) is 1.49. The van der Waals surface area contributed by atoms with Gasteiger partial charge in [-0.25, -0.2) is 0 Å². The Kier molecular flexibility index (Phi) is 7.57. The Labute approximate surface area is 136 Å². The van der Waals surface area contributed by atoms with Crippen LogP contribution >= 0.6 is 23.4 Å². The van der Waals surface area contributed by atoms with Crippen molar-refractivity contribution in [1.82, 2.24) is 5.32 Å². The van der Waals surface area contributed by atoms with E-state index in [0.29, 0.717) is 6.42 Å². The number of hydrogen-bond donors (Lipinski definition) is 1. The first-order valence-corrected chi connectivity index (χ1v) is 8.59. The summed E-state index contributed by atoms with van der Waals surface area (Å²) in [7, 11) is 1.43. The molecule has 0 heterocycles. The van der Waals surface area contributed by atoms with Crippen LogP contribution in [-0.4, -0.2) is 30.4 Å². The second-order valence-electron chi connectivity index (χ2n) is 5.52. The van der Waals surface area contributed by atoms with Crippen molar-refractivity contribution in [3.63, 3.8) is 0 Å². The topological polar surface area (TPSA) is 38.3 Å². The van der Waals surface area contributed by atoms with Gasteiger partial charge >= 0.3 is 5.97 Å². The maximum absolute atomic E-state index is 12.0. The summed E-state index contributed by atoms with van der Waals surface area (Å²) in [4.78, 5) is 12.0. The molecule has 1 unspecified atom stereocenters. The molecule has 0 aromatic heterocycles. The Morgan fingerprint density at radius 3 is 2.67 bits per heavy atom. The first-order chi connectivity index (χ1) is 9.89. The first-order valence-electron chi connectivity index (χ1n) is 7.06. The van der Waals surface area contributed by atoms with Crippen molar-refractivity contribution in [3.8, 4) is 0 Å². The summed E-state index contributed by atoms with van der Waals surface area (Å²) >= 11 is 7.91. The number of rotatable bonds is 8. The lowest BCUT2D eigenvalue weighted by Gasteiger charge is -2.30. The normalized spacial score (nSPS) is 14.0. The molecule has 1 rings (SSSR count). The molecule has 0 radical (unpaired) electrons. The van der Waals surface area contributed by atoms with Gasteiger partial charge in [0.15, 0.2) is 0 Å². The quantitative estimate of drug-likeness (QED) is 0.580. The second-order valence-corrected chi connectivity index (χ2v) is 7.03. The van der Waals surface area contributed by atoms with Gasteiger partial charge in [0.1, 0.15) is 5.54 Å². The van der Waals surface area contributed by atoms with Gasteiger partial charge in [0.05, 0.1) is 7.11 Å². The van der Waals surface area contributed by atoms with E-state index in [9.17, 15) is 4.79 Å². The third-order valence-corrected chi connectivity index (χ3v) is 4.58. The number of halogens is 1. The molecule has 0 spiro atoms. The SMILES string of the molecule is COC(=O)C(C)(CCSCc1ccccc1Cl)NC(C)C. The van der Waals surface area contributed by atoms with Crippen LogP contribution in [0.4, 0.5) is 0 Å². The number of carbonyl (C=O) groups is 1. The fourth-order valence-corrected chi connectivity index (χ4v) is 3.62. The number of benzene rings is 1. The number of methoxy groups -OCH3 is 1. The molecule has 0 bridgehead atoms. The van der Waals surface area contributed by atoms with Gasteiger partial charge in [-0.1, -0.05) is 29.8 Å².